The van der Waals surface area contributed by atoms with Gasteiger partial charge in [-0.2, -0.15) is 0 Å². The van der Waals surface area contributed by atoms with Crippen LogP contribution in [0.5, 0.6) is 5.75 Å². The quantitative estimate of drug-likeness (QED) is 0.661. The molecule has 2 aromatic rings. The number of aryl methyl sites for hydroxylation is 1. The zero-order valence-corrected chi connectivity index (χ0v) is 15.2. The maximum atomic E-state index is 5.58. The standard InChI is InChI=1S/C15H19Br2N3O/c1-2-21-15-13(16)8-12(9-14(15)17)10-18-4-3-6-20-7-5-19-11-20/h5,7-9,11,18H,2-4,6,10H2,1H3. The van der Waals surface area contributed by atoms with Gasteiger partial charge in [0.2, 0.25) is 0 Å². The Morgan fingerprint density at radius 1 is 1.29 bits per heavy atom. The molecule has 0 radical (unpaired) electrons. The van der Waals surface area contributed by atoms with E-state index in [0.717, 1.165) is 40.8 Å². The molecule has 0 aliphatic heterocycles. The van der Waals surface area contributed by atoms with Gasteiger partial charge in [-0.3, -0.25) is 0 Å². The van der Waals surface area contributed by atoms with E-state index >= 15 is 0 Å². The van der Waals surface area contributed by atoms with Gasteiger partial charge in [-0.15, -0.1) is 0 Å². The highest BCUT2D eigenvalue weighted by atomic mass is 79.9. The maximum absolute atomic E-state index is 5.58. The molecule has 1 aromatic carbocycles. The Morgan fingerprint density at radius 3 is 2.67 bits per heavy atom. The molecule has 1 heterocycles. The van der Waals surface area contributed by atoms with Gasteiger partial charge >= 0.3 is 0 Å². The fourth-order valence-electron chi connectivity index (χ4n) is 2.04. The van der Waals surface area contributed by atoms with Crippen molar-refractivity contribution in [3.63, 3.8) is 0 Å². The number of imidazole rings is 1. The first-order chi connectivity index (χ1) is 10.2. The number of ether oxygens (including phenoxy) is 1. The molecule has 0 saturated carbocycles. The van der Waals surface area contributed by atoms with Crippen LogP contribution in [0.25, 0.3) is 0 Å². The number of halogens is 2. The first-order valence-corrected chi connectivity index (χ1v) is 8.56. The predicted molar refractivity (Wildman–Crippen MR) is 91.6 cm³/mol. The number of hydrogen-bond acceptors (Lipinski definition) is 3. The van der Waals surface area contributed by atoms with E-state index in [-0.39, 0.29) is 0 Å². The lowest BCUT2D eigenvalue weighted by atomic mass is 10.2. The van der Waals surface area contributed by atoms with E-state index < -0.39 is 0 Å². The van der Waals surface area contributed by atoms with Gasteiger partial charge in [0.1, 0.15) is 5.75 Å². The van der Waals surface area contributed by atoms with Crippen molar-refractivity contribution >= 4 is 31.9 Å². The van der Waals surface area contributed by atoms with Crippen molar-refractivity contribution in [2.24, 2.45) is 0 Å². The van der Waals surface area contributed by atoms with E-state index in [2.05, 4.69) is 58.9 Å². The minimum absolute atomic E-state index is 0.656. The van der Waals surface area contributed by atoms with Crippen molar-refractivity contribution in [1.29, 1.82) is 0 Å². The lowest BCUT2D eigenvalue weighted by Crippen LogP contribution is -2.16. The number of aromatic nitrogens is 2. The average molecular weight is 417 g/mol. The molecule has 6 heteroatoms. The second kappa shape index (κ2) is 8.56. The van der Waals surface area contributed by atoms with E-state index in [0.29, 0.717) is 6.61 Å². The fraction of sp³-hybridized carbons (Fsp3) is 0.400. The molecule has 0 aliphatic rings. The Hall–Kier alpha value is -0.850. The third kappa shape index (κ3) is 5.13. The molecule has 0 aliphatic carbocycles. The minimum Gasteiger partial charge on any atom is -0.492 e. The number of rotatable bonds is 8. The maximum Gasteiger partial charge on any atom is 0.147 e. The normalized spacial score (nSPS) is 10.8. The van der Waals surface area contributed by atoms with Gasteiger partial charge in [0.15, 0.2) is 0 Å². The summed E-state index contributed by atoms with van der Waals surface area (Å²) < 4.78 is 9.63. The summed E-state index contributed by atoms with van der Waals surface area (Å²) >= 11 is 7.11. The molecule has 0 unspecified atom stereocenters. The molecule has 1 N–H and O–H groups in total. The molecule has 4 nitrogen and oxygen atoms in total. The number of hydrogen-bond donors (Lipinski definition) is 1. The van der Waals surface area contributed by atoms with Crippen LogP contribution >= 0.6 is 31.9 Å². The highest BCUT2D eigenvalue weighted by molar-refractivity contribution is 9.11. The molecule has 0 spiro atoms. The van der Waals surface area contributed by atoms with Crippen molar-refractivity contribution in [1.82, 2.24) is 14.9 Å². The first kappa shape index (κ1) is 16.5. The molecule has 2 rings (SSSR count). The van der Waals surface area contributed by atoms with Crippen LogP contribution in [0.3, 0.4) is 0 Å². The van der Waals surface area contributed by atoms with Gasteiger partial charge in [0, 0.05) is 25.5 Å². The Bertz CT molecular complexity index is 535. The molecule has 114 valence electrons. The van der Waals surface area contributed by atoms with E-state index in [1.54, 1.807) is 0 Å². The van der Waals surface area contributed by atoms with Crippen molar-refractivity contribution in [2.45, 2.75) is 26.4 Å². The van der Waals surface area contributed by atoms with Crippen LogP contribution in [-0.2, 0) is 13.1 Å². The van der Waals surface area contributed by atoms with Gasteiger partial charge in [-0.1, -0.05) is 0 Å². The van der Waals surface area contributed by atoms with E-state index in [1.807, 2.05) is 25.6 Å². The lowest BCUT2D eigenvalue weighted by Gasteiger charge is -2.11. The van der Waals surface area contributed by atoms with Gasteiger partial charge in [0.05, 0.1) is 21.9 Å². The highest BCUT2D eigenvalue weighted by Gasteiger charge is 2.08. The Morgan fingerprint density at radius 2 is 2.05 bits per heavy atom. The zero-order chi connectivity index (χ0) is 15.1. The molecular formula is C15H19Br2N3O. The summed E-state index contributed by atoms with van der Waals surface area (Å²) in [5.74, 6) is 0.862. The third-order valence-corrected chi connectivity index (χ3v) is 4.18. The molecular weight excluding hydrogens is 398 g/mol. The Labute approximate surface area is 142 Å². The molecule has 1 aromatic heterocycles. The number of nitrogens with one attached hydrogen (secondary N) is 1. The Kier molecular flexibility index (Phi) is 6.73. The summed E-state index contributed by atoms with van der Waals surface area (Å²) in [7, 11) is 0. The van der Waals surface area contributed by atoms with Gasteiger partial charge in [-0.05, 0) is 69.4 Å². The van der Waals surface area contributed by atoms with Crippen LogP contribution in [0.4, 0.5) is 0 Å². The summed E-state index contributed by atoms with van der Waals surface area (Å²) in [6, 6.07) is 4.19. The summed E-state index contributed by atoms with van der Waals surface area (Å²) in [6.45, 7) is 5.44. The smallest absolute Gasteiger partial charge is 0.147 e. The van der Waals surface area contributed by atoms with E-state index in [4.69, 9.17) is 4.74 Å². The van der Waals surface area contributed by atoms with Gasteiger partial charge in [-0.25, -0.2) is 4.98 Å². The van der Waals surface area contributed by atoms with Crippen LogP contribution in [0.15, 0.2) is 39.8 Å². The highest BCUT2D eigenvalue weighted by Crippen LogP contribution is 2.34. The second-order valence-corrected chi connectivity index (χ2v) is 6.36. The summed E-state index contributed by atoms with van der Waals surface area (Å²) in [6.07, 6.45) is 6.72. The van der Waals surface area contributed by atoms with Crippen LogP contribution < -0.4 is 10.1 Å². The van der Waals surface area contributed by atoms with Crippen LogP contribution in [0.1, 0.15) is 18.9 Å². The number of nitrogens with zero attached hydrogens (tertiary/aromatic N) is 2. The average Bonchev–Trinajstić information content (AvgIpc) is 2.96. The lowest BCUT2D eigenvalue weighted by molar-refractivity contribution is 0.336. The van der Waals surface area contributed by atoms with Crippen molar-refractivity contribution in [3.05, 3.63) is 45.4 Å². The topological polar surface area (TPSA) is 39.1 Å². The van der Waals surface area contributed by atoms with E-state index in [1.165, 1.54) is 5.56 Å². The predicted octanol–water partition coefficient (Wildman–Crippen LogP) is 3.99. The van der Waals surface area contributed by atoms with E-state index in [9.17, 15) is 0 Å². The monoisotopic (exact) mass is 415 g/mol. The summed E-state index contributed by atoms with van der Waals surface area (Å²) in [5.41, 5.74) is 1.22. The first-order valence-electron chi connectivity index (χ1n) is 6.98. The number of benzene rings is 1. The second-order valence-electron chi connectivity index (χ2n) is 4.65. The Balaban J connectivity index is 1.78. The molecule has 0 atom stereocenters. The zero-order valence-electron chi connectivity index (χ0n) is 12.0. The van der Waals surface area contributed by atoms with Crippen LogP contribution in [0, 0.1) is 0 Å². The van der Waals surface area contributed by atoms with Gasteiger partial charge < -0.3 is 14.6 Å². The largest absolute Gasteiger partial charge is 0.492 e. The molecule has 0 fully saturated rings. The summed E-state index contributed by atoms with van der Waals surface area (Å²) in [5, 5.41) is 3.45. The van der Waals surface area contributed by atoms with Crippen LogP contribution in [-0.4, -0.2) is 22.7 Å². The molecule has 0 saturated heterocycles. The van der Waals surface area contributed by atoms with Crippen LogP contribution in [0.2, 0.25) is 0 Å². The van der Waals surface area contributed by atoms with Crippen molar-refractivity contribution in [3.8, 4) is 5.75 Å². The molecule has 21 heavy (non-hydrogen) atoms. The van der Waals surface area contributed by atoms with Crippen molar-refractivity contribution in [2.75, 3.05) is 13.2 Å². The van der Waals surface area contributed by atoms with Crippen molar-refractivity contribution < 1.29 is 4.74 Å². The van der Waals surface area contributed by atoms with Gasteiger partial charge in [0.25, 0.3) is 0 Å². The third-order valence-electron chi connectivity index (χ3n) is 3.00. The fourth-order valence-corrected chi connectivity index (χ4v) is 3.55. The summed E-state index contributed by atoms with van der Waals surface area (Å²) in [4.78, 5) is 4.03. The SMILES string of the molecule is CCOc1c(Br)cc(CNCCCn2ccnc2)cc1Br. The molecule has 0 bridgehead atoms. The molecule has 0 amide bonds. The minimum atomic E-state index is 0.656.